The van der Waals surface area contributed by atoms with Gasteiger partial charge >= 0.3 is 5.97 Å². The van der Waals surface area contributed by atoms with Crippen molar-refractivity contribution in [3.8, 4) is 5.75 Å². The molecule has 0 bridgehead atoms. The van der Waals surface area contributed by atoms with Crippen molar-refractivity contribution >= 4 is 5.97 Å². The molecule has 12 heavy (non-hydrogen) atoms. The Bertz CT molecular complexity index is 332. The number of phenols is 1. The zero-order chi connectivity index (χ0) is 10.8. The van der Waals surface area contributed by atoms with E-state index >= 15 is 0 Å². The first-order valence-corrected chi connectivity index (χ1v) is 3.43. The topological polar surface area (TPSA) is 57.5 Å². The van der Waals surface area contributed by atoms with Gasteiger partial charge in [0.05, 0.1) is 0 Å². The summed E-state index contributed by atoms with van der Waals surface area (Å²) < 4.78 is 14.9. The Labute approximate surface area is 73.1 Å². The largest absolute Gasteiger partial charge is 0.508 e. The van der Waals surface area contributed by atoms with Crippen LogP contribution in [0.3, 0.4) is 0 Å². The summed E-state index contributed by atoms with van der Waals surface area (Å²) in [7, 11) is 0. The Morgan fingerprint density at radius 2 is 2.00 bits per heavy atom. The molecule has 0 aromatic heterocycles. The molecule has 0 saturated heterocycles. The number of aryl methyl sites for hydroxylation is 1. The molecule has 1 rings (SSSR count). The quantitative estimate of drug-likeness (QED) is 0.717. The molecule has 1 aromatic rings. The third kappa shape index (κ3) is 2.62. The minimum atomic E-state index is -1.90. The van der Waals surface area contributed by atoms with Crippen molar-refractivity contribution in [1.29, 1.82) is 0 Å². The van der Waals surface area contributed by atoms with Gasteiger partial charge in [0.1, 0.15) is 5.75 Å². The lowest BCUT2D eigenvalue weighted by Gasteiger charge is -1.97. The molecular formula is C9H10O3. The third-order valence-electron chi connectivity index (χ3n) is 1.31. The summed E-state index contributed by atoms with van der Waals surface area (Å²) in [4.78, 5) is 10.4. The van der Waals surface area contributed by atoms with Gasteiger partial charge in [0.25, 0.3) is 0 Å². The van der Waals surface area contributed by atoms with Crippen molar-refractivity contribution in [1.82, 2.24) is 0 Å². The number of phenolic OH excluding ortho intramolecular Hbond substituents is 1. The lowest BCUT2D eigenvalue weighted by atomic mass is 10.1. The number of hydrogen-bond donors (Lipinski definition) is 2. The SMILES string of the molecule is [2H]C([2H])(CC(=O)O)c1ccc(O)cc1. The molecule has 3 nitrogen and oxygen atoms in total. The molecular weight excluding hydrogens is 156 g/mol. The van der Waals surface area contributed by atoms with Gasteiger partial charge in [0.2, 0.25) is 0 Å². The molecule has 0 unspecified atom stereocenters. The minimum absolute atomic E-state index is 0.0277. The van der Waals surface area contributed by atoms with Crippen LogP contribution in [-0.4, -0.2) is 16.2 Å². The predicted molar refractivity (Wildman–Crippen MR) is 44.1 cm³/mol. The van der Waals surface area contributed by atoms with E-state index in [2.05, 4.69) is 0 Å². The summed E-state index contributed by atoms with van der Waals surface area (Å²) in [6.07, 6.45) is -2.49. The highest BCUT2D eigenvalue weighted by molar-refractivity contribution is 5.67. The average molecular weight is 168 g/mol. The van der Waals surface area contributed by atoms with Gasteiger partial charge in [0, 0.05) is 9.16 Å². The van der Waals surface area contributed by atoms with Crippen LogP contribution in [0, 0.1) is 0 Å². The molecule has 0 amide bonds. The van der Waals surface area contributed by atoms with Crippen molar-refractivity contribution in [3.05, 3.63) is 29.8 Å². The molecule has 1 aromatic carbocycles. The number of aliphatic carboxylic acids is 1. The fraction of sp³-hybridized carbons (Fsp3) is 0.222. The van der Waals surface area contributed by atoms with Crippen LogP contribution in [0.4, 0.5) is 0 Å². The first kappa shape index (κ1) is 6.06. The van der Waals surface area contributed by atoms with Crippen LogP contribution in [0.15, 0.2) is 24.3 Å². The molecule has 3 heteroatoms. The lowest BCUT2D eigenvalue weighted by Crippen LogP contribution is -1.96. The second-order valence-corrected chi connectivity index (χ2v) is 2.29. The molecule has 0 spiro atoms. The van der Waals surface area contributed by atoms with Crippen LogP contribution in [0.5, 0.6) is 5.75 Å². The van der Waals surface area contributed by atoms with E-state index < -0.39 is 18.8 Å². The Morgan fingerprint density at radius 3 is 2.50 bits per heavy atom. The fourth-order valence-electron chi connectivity index (χ4n) is 0.757. The highest BCUT2D eigenvalue weighted by Gasteiger charge is 1.98. The van der Waals surface area contributed by atoms with E-state index in [1.54, 1.807) is 0 Å². The molecule has 0 atom stereocenters. The van der Waals surface area contributed by atoms with E-state index in [-0.39, 0.29) is 11.3 Å². The molecule has 2 N–H and O–H groups in total. The van der Waals surface area contributed by atoms with Gasteiger partial charge < -0.3 is 10.2 Å². The van der Waals surface area contributed by atoms with E-state index in [9.17, 15) is 4.79 Å². The monoisotopic (exact) mass is 168 g/mol. The van der Waals surface area contributed by atoms with Gasteiger partial charge in [-0.1, -0.05) is 12.1 Å². The Morgan fingerprint density at radius 1 is 1.42 bits per heavy atom. The number of rotatable bonds is 3. The maximum Gasteiger partial charge on any atom is 0.303 e. The van der Waals surface area contributed by atoms with Crippen LogP contribution in [-0.2, 0) is 11.2 Å². The van der Waals surface area contributed by atoms with Crippen LogP contribution < -0.4 is 0 Å². The molecule has 0 heterocycles. The van der Waals surface area contributed by atoms with Gasteiger partial charge in [-0.3, -0.25) is 4.79 Å². The van der Waals surface area contributed by atoms with Crippen molar-refractivity contribution in [2.75, 3.05) is 0 Å². The van der Waals surface area contributed by atoms with Crippen LogP contribution in [0.1, 0.15) is 14.7 Å². The van der Waals surface area contributed by atoms with Crippen LogP contribution in [0.2, 0.25) is 0 Å². The van der Waals surface area contributed by atoms with Gasteiger partial charge in [0.15, 0.2) is 0 Å². The molecule has 0 radical (unpaired) electrons. The fourth-order valence-corrected chi connectivity index (χ4v) is 0.757. The van der Waals surface area contributed by atoms with E-state index in [4.69, 9.17) is 13.0 Å². The predicted octanol–water partition coefficient (Wildman–Crippen LogP) is 1.41. The summed E-state index contributed by atoms with van der Waals surface area (Å²) >= 11 is 0. The molecule has 0 aliphatic heterocycles. The first-order chi connectivity index (χ1) is 6.42. The Kier molecular flexibility index (Phi) is 1.90. The Balaban J connectivity index is 2.91. The molecule has 0 aliphatic rings. The number of carboxylic acids is 1. The number of carboxylic acid groups (broad SMARTS) is 1. The summed E-state index contributed by atoms with van der Waals surface area (Å²) in [5, 5.41) is 17.4. The summed E-state index contributed by atoms with van der Waals surface area (Å²) in [5.41, 5.74) is 0.248. The van der Waals surface area contributed by atoms with E-state index in [0.717, 1.165) is 0 Å². The summed E-state index contributed by atoms with van der Waals surface area (Å²) in [6.45, 7) is 0. The maximum absolute atomic E-state index is 10.4. The average Bonchev–Trinajstić information content (AvgIpc) is 2.02. The minimum Gasteiger partial charge on any atom is -0.508 e. The van der Waals surface area contributed by atoms with Crippen molar-refractivity contribution in [2.24, 2.45) is 0 Å². The highest BCUT2D eigenvalue weighted by Crippen LogP contribution is 2.10. The van der Waals surface area contributed by atoms with Crippen molar-refractivity contribution in [2.45, 2.75) is 12.8 Å². The third-order valence-corrected chi connectivity index (χ3v) is 1.31. The van der Waals surface area contributed by atoms with Crippen LogP contribution >= 0.6 is 0 Å². The van der Waals surface area contributed by atoms with Gasteiger partial charge in [-0.15, -0.1) is 0 Å². The van der Waals surface area contributed by atoms with E-state index in [0.29, 0.717) is 0 Å². The maximum atomic E-state index is 10.4. The second kappa shape index (κ2) is 3.76. The number of carbonyl (C=O) groups is 1. The zero-order valence-electron chi connectivity index (χ0n) is 8.32. The standard InChI is InChI=1S/C9H10O3/c10-8-4-1-7(2-5-8)3-6-9(11)12/h1-2,4-5,10H,3,6H2,(H,11,12)/i3D2. The van der Waals surface area contributed by atoms with E-state index in [1.807, 2.05) is 0 Å². The second-order valence-electron chi connectivity index (χ2n) is 2.29. The molecule has 0 fully saturated rings. The number of hydrogen-bond acceptors (Lipinski definition) is 2. The summed E-state index contributed by atoms with van der Waals surface area (Å²) in [6, 6.07) is 5.40. The van der Waals surface area contributed by atoms with Crippen LogP contribution in [0.25, 0.3) is 0 Å². The summed E-state index contributed by atoms with van der Waals surface area (Å²) in [5.74, 6) is -1.16. The lowest BCUT2D eigenvalue weighted by molar-refractivity contribution is -0.136. The highest BCUT2D eigenvalue weighted by atomic mass is 16.4. The number of benzene rings is 1. The zero-order valence-corrected chi connectivity index (χ0v) is 6.32. The van der Waals surface area contributed by atoms with Gasteiger partial charge in [-0.05, 0) is 24.1 Å². The van der Waals surface area contributed by atoms with Crippen molar-refractivity contribution < 1.29 is 17.7 Å². The smallest absolute Gasteiger partial charge is 0.303 e. The molecule has 0 aliphatic carbocycles. The normalized spacial score (nSPS) is 13.3. The number of aromatic hydroxyl groups is 1. The van der Waals surface area contributed by atoms with Gasteiger partial charge in [-0.25, -0.2) is 0 Å². The Hall–Kier alpha value is -1.51. The molecule has 0 saturated carbocycles. The van der Waals surface area contributed by atoms with E-state index in [1.165, 1.54) is 24.3 Å². The first-order valence-electron chi connectivity index (χ1n) is 4.43. The van der Waals surface area contributed by atoms with Gasteiger partial charge in [-0.2, -0.15) is 0 Å². The van der Waals surface area contributed by atoms with Crippen molar-refractivity contribution in [3.63, 3.8) is 0 Å². The molecule has 64 valence electrons.